The SMILES string of the molecule is CC1(C)C(NCc2ncon2)[C@]2(C)CC[C@H]1C2. The van der Waals surface area contributed by atoms with Crippen LogP contribution in [-0.4, -0.2) is 16.2 Å². The highest BCUT2D eigenvalue weighted by atomic mass is 16.5. The average Bonchev–Trinajstić information content (AvgIpc) is 2.90. The number of nitrogens with one attached hydrogen (secondary N) is 1. The van der Waals surface area contributed by atoms with Gasteiger partial charge in [0.25, 0.3) is 0 Å². The summed E-state index contributed by atoms with van der Waals surface area (Å²) in [6.45, 7) is 7.94. The molecular weight excluding hydrogens is 214 g/mol. The van der Waals surface area contributed by atoms with E-state index >= 15 is 0 Å². The van der Waals surface area contributed by atoms with Crippen LogP contribution < -0.4 is 5.32 Å². The Kier molecular flexibility index (Phi) is 2.34. The summed E-state index contributed by atoms with van der Waals surface area (Å²) in [4.78, 5) is 4.07. The topological polar surface area (TPSA) is 51.0 Å². The van der Waals surface area contributed by atoms with Crippen LogP contribution in [0.4, 0.5) is 0 Å². The van der Waals surface area contributed by atoms with E-state index in [2.05, 4.69) is 36.2 Å². The standard InChI is InChI=1S/C13H21N3O/c1-12(2)9-4-5-13(3,6-9)11(12)14-7-10-15-8-17-16-10/h8-9,11,14H,4-7H2,1-3H3/t9-,11?,13+/m0/s1. The fourth-order valence-corrected chi connectivity index (χ4v) is 4.28. The maximum atomic E-state index is 4.77. The van der Waals surface area contributed by atoms with E-state index in [0.29, 0.717) is 23.4 Å². The summed E-state index contributed by atoms with van der Waals surface area (Å²) >= 11 is 0. The van der Waals surface area contributed by atoms with Gasteiger partial charge in [-0.15, -0.1) is 0 Å². The van der Waals surface area contributed by atoms with Gasteiger partial charge in [0, 0.05) is 6.04 Å². The van der Waals surface area contributed by atoms with Crippen molar-refractivity contribution in [2.45, 2.75) is 52.6 Å². The van der Waals surface area contributed by atoms with Gasteiger partial charge in [0.05, 0.1) is 6.54 Å². The van der Waals surface area contributed by atoms with Gasteiger partial charge in [-0.25, -0.2) is 0 Å². The zero-order chi connectivity index (χ0) is 12.1. The van der Waals surface area contributed by atoms with Gasteiger partial charge in [-0.2, -0.15) is 4.98 Å². The van der Waals surface area contributed by atoms with Gasteiger partial charge in [-0.05, 0) is 36.0 Å². The molecule has 3 atom stereocenters. The summed E-state index contributed by atoms with van der Waals surface area (Å²) < 4.78 is 4.77. The Morgan fingerprint density at radius 2 is 2.29 bits per heavy atom. The third-order valence-corrected chi connectivity index (χ3v) is 5.14. The normalized spacial score (nSPS) is 38.8. The maximum absolute atomic E-state index is 4.77. The van der Waals surface area contributed by atoms with Gasteiger partial charge in [-0.1, -0.05) is 25.9 Å². The summed E-state index contributed by atoms with van der Waals surface area (Å²) in [5.41, 5.74) is 0.842. The molecule has 2 saturated carbocycles. The van der Waals surface area contributed by atoms with Crippen LogP contribution >= 0.6 is 0 Å². The molecule has 0 spiro atoms. The van der Waals surface area contributed by atoms with Crippen LogP contribution in [-0.2, 0) is 6.54 Å². The Morgan fingerprint density at radius 1 is 1.47 bits per heavy atom. The first-order valence-electron chi connectivity index (χ1n) is 6.51. The zero-order valence-corrected chi connectivity index (χ0v) is 10.9. The minimum Gasteiger partial charge on any atom is -0.343 e. The molecule has 1 unspecified atom stereocenters. The molecule has 0 amide bonds. The lowest BCUT2D eigenvalue weighted by molar-refractivity contribution is 0.107. The minimum atomic E-state index is 0.386. The van der Waals surface area contributed by atoms with E-state index in [9.17, 15) is 0 Å². The van der Waals surface area contributed by atoms with Crippen molar-refractivity contribution >= 4 is 0 Å². The molecule has 2 aliphatic carbocycles. The van der Waals surface area contributed by atoms with Crippen molar-refractivity contribution in [2.75, 3.05) is 0 Å². The molecular formula is C13H21N3O. The molecule has 2 bridgehead atoms. The molecule has 4 nitrogen and oxygen atoms in total. The molecule has 0 aromatic carbocycles. The van der Waals surface area contributed by atoms with Crippen LogP contribution in [0.15, 0.2) is 10.9 Å². The molecule has 1 aromatic rings. The largest absolute Gasteiger partial charge is 0.343 e. The first-order valence-corrected chi connectivity index (χ1v) is 6.51. The van der Waals surface area contributed by atoms with E-state index in [1.54, 1.807) is 0 Å². The van der Waals surface area contributed by atoms with Crippen LogP contribution in [0.25, 0.3) is 0 Å². The molecule has 0 aliphatic heterocycles. The van der Waals surface area contributed by atoms with Gasteiger partial charge >= 0.3 is 0 Å². The number of fused-ring (bicyclic) bond motifs is 2. The van der Waals surface area contributed by atoms with Crippen molar-refractivity contribution in [1.82, 2.24) is 15.5 Å². The van der Waals surface area contributed by atoms with Gasteiger partial charge in [-0.3, -0.25) is 0 Å². The summed E-state index contributed by atoms with van der Waals surface area (Å²) in [5.74, 6) is 1.63. The molecule has 2 fully saturated rings. The molecule has 17 heavy (non-hydrogen) atoms. The lowest BCUT2D eigenvalue weighted by Gasteiger charge is -2.43. The molecule has 3 rings (SSSR count). The summed E-state index contributed by atoms with van der Waals surface area (Å²) in [6, 6.07) is 0.562. The molecule has 4 heteroatoms. The molecule has 1 N–H and O–H groups in total. The second-order valence-corrected chi connectivity index (χ2v) is 6.58. The molecule has 1 heterocycles. The van der Waals surface area contributed by atoms with Crippen LogP contribution in [0.5, 0.6) is 0 Å². The van der Waals surface area contributed by atoms with Crippen molar-refractivity contribution in [3.05, 3.63) is 12.2 Å². The van der Waals surface area contributed by atoms with Crippen LogP contribution in [0.2, 0.25) is 0 Å². The van der Waals surface area contributed by atoms with Gasteiger partial charge < -0.3 is 9.84 Å². The van der Waals surface area contributed by atoms with E-state index in [0.717, 1.165) is 11.7 Å². The predicted molar refractivity (Wildman–Crippen MR) is 64.2 cm³/mol. The van der Waals surface area contributed by atoms with Crippen molar-refractivity contribution in [1.29, 1.82) is 0 Å². The lowest BCUT2D eigenvalue weighted by Crippen LogP contribution is -2.50. The van der Waals surface area contributed by atoms with Crippen LogP contribution in [0.3, 0.4) is 0 Å². The highest BCUT2D eigenvalue weighted by molar-refractivity contribution is 5.12. The minimum absolute atomic E-state index is 0.386. The van der Waals surface area contributed by atoms with Crippen LogP contribution in [0.1, 0.15) is 45.9 Å². The second-order valence-electron chi connectivity index (χ2n) is 6.58. The summed E-state index contributed by atoms with van der Waals surface area (Å²) in [7, 11) is 0. The van der Waals surface area contributed by atoms with Crippen molar-refractivity contribution in [3.8, 4) is 0 Å². The van der Waals surface area contributed by atoms with Crippen molar-refractivity contribution < 1.29 is 4.52 Å². The number of nitrogens with zero attached hydrogens (tertiary/aromatic N) is 2. The van der Waals surface area contributed by atoms with E-state index in [1.807, 2.05) is 0 Å². The predicted octanol–water partition coefficient (Wildman–Crippen LogP) is 2.37. The van der Waals surface area contributed by atoms with Crippen molar-refractivity contribution in [3.63, 3.8) is 0 Å². The molecule has 0 radical (unpaired) electrons. The van der Waals surface area contributed by atoms with E-state index < -0.39 is 0 Å². The Balaban J connectivity index is 1.74. The quantitative estimate of drug-likeness (QED) is 0.874. The molecule has 0 saturated heterocycles. The Morgan fingerprint density at radius 3 is 2.88 bits per heavy atom. The van der Waals surface area contributed by atoms with Gasteiger partial charge in [0.15, 0.2) is 5.82 Å². The maximum Gasteiger partial charge on any atom is 0.213 e. The number of hydrogen-bond donors (Lipinski definition) is 1. The third-order valence-electron chi connectivity index (χ3n) is 5.14. The second kappa shape index (κ2) is 3.55. The Bertz CT molecular complexity index is 396. The van der Waals surface area contributed by atoms with Gasteiger partial charge in [0.1, 0.15) is 0 Å². The van der Waals surface area contributed by atoms with E-state index in [4.69, 9.17) is 4.52 Å². The van der Waals surface area contributed by atoms with E-state index in [1.165, 1.54) is 25.7 Å². The highest BCUT2D eigenvalue weighted by Gasteiger charge is 2.58. The molecule has 1 aromatic heterocycles. The summed E-state index contributed by atoms with van der Waals surface area (Å²) in [6.07, 6.45) is 5.50. The zero-order valence-electron chi connectivity index (χ0n) is 10.9. The van der Waals surface area contributed by atoms with Gasteiger partial charge in [0.2, 0.25) is 6.39 Å². The molecule has 94 valence electrons. The molecule has 2 aliphatic rings. The Labute approximate surface area is 102 Å². The fourth-order valence-electron chi connectivity index (χ4n) is 4.28. The number of hydrogen-bond acceptors (Lipinski definition) is 4. The smallest absolute Gasteiger partial charge is 0.213 e. The Hall–Kier alpha value is -0.900. The van der Waals surface area contributed by atoms with Crippen LogP contribution in [0, 0.1) is 16.7 Å². The first kappa shape index (κ1) is 11.2. The third kappa shape index (κ3) is 1.61. The van der Waals surface area contributed by atoms with E-state index in [-0.39, 0.29) is 0 Å². The number of rotatable bonds is 3. The monoisotopic (exact) mass is 235 g/mol. The number of aromatic nitrogens is 2. The summed E-state index contributed by atoms with van der Waals surface area (Å²) in [5, 5.41) is 7.52. The fraction of sp³-hybridized carbons (Fsp3) is 0.846. The lowest BCUT2D eigenvalue weighted by atomic mass is 9.68. The van der Waals surface area contributed by atoms with Crippen molar-refractivity contribution in [2.24, 2.45) is 16.7 Å². The highest BCUT2D eigenvalue weighted by Crippen LogP contribution is 2.62. The average molecular weight is 235 g/mol. The first-order chi connectivity index (χ1) is 8.02.